The van der Waals surface area contributed by atoms with Crippen molar-refractivity contribution in [1.82, 2.24) is 0 Å². The topological polar surface area (TPSA) is 0 Å². The second kappa shape index (κ2) is 8.96. The zero-order valence-corrected chi connectivity index (χ0v) is 10.8. The second-order valence-electron chi connectivity index (χ2n) is 4.17. The lowest BCUT2D eigenvalue weighted by molar-refractivity contribution is 0.667. The molecule has 88 valence electrons. The summed E-state index contributed by atoms with van der Waals surface area (Å²) in [6.45, 7) is 14.0. The average Bonchev–Trinajstić information content (AvgIpc) is 2.26. The summed E-state index contributed by atoms with van der Waals surface area (Å²) in [5.74, 6) is 1.31. The number of hydrogen-bond donors (Lipinski definition) is 0. The van der Waals surface area contributed by atoms with Crippen molar-refractivity contribution in [2.75, 3.05) is 0 Å². The summed E-state index contributed by atoms with van der Waals surface area (Å²) in [5, 5.41) is 0. The van der Waals surface area contributed by atoms with Crippen LogP contribution in [-0.2, 0) is 0 Å². The van der Waals surface area contributed by atoms with Crippen LogP contribution in [0.2, 0.25) is 0 Å². The third-order valence-corrected chi connectivity index (χ3v) is 2.32. The quantitative estimate of drug-likeness (QED) is 0.418. The zero-order chi connectivity index (χ0) is 12.4. The van der Waals surface area contributed by atoms with Gasteiger partial charge in [-0.25, -0.2) is 0 Å². The molecule has 0 aliphatic carbocycles. The Morgan fingerprint density at radius 1 is 0.875 bits per heavy atom. The minimum absolute atomic E-state index is 0.356. The normalized spacial score (nSPS) is 16.2. The molecule has 0 aromatic rings. The first-order chi connectivity index (χ1) is 7.65. The van der Waals surface area contributed by atoms with Gasteiger partial charge in [-0.05, 0) is 12.8 Å². The molecule has 0 nitrogen and oxygen atoms in total. The van der Waals surface area contributed by atoms with Crippen molar-refractivity contribution in [3.05, 3.63) is 61.8 Å². The van der Waals surface area contributed by atoms with Crippen molar-refractivity contribution in [1.29, 1.82) is 0 Å². The molecule has 2 atom stereocenters. The van der Waals surface area contributed by atoms with E-state index in [2.05, 4.69) is 57.4 Å². The molecule has 0 radical (unpaired) electrons. The van der Waals surface area contributed by atoms with E-state index in [4.69, 9.17) is 0 Å². The van der Waals surface area contributed by atoms with Gasteiger partial charge in [0, 0.05) is 11.8 Å². The van der Waals surface area contributed by atoms with Crippen LogP contribution in [-0.4, -0.2) is 0 Å². The zero-order valence-electron chi connectivity index (χ0n) is 10.8. The Morgan fingerprint density at radius 2 is 1.56 bits per heavy atom. The largest absolute Gasteiger partial charge is 0.102 e. The standard InChI is InChI=1S/C16H24/c1-6-9-11-16(10-7-2)15(8-3)13-12-14(4)5/h6-16H,1,3H2,2,4-5H3/b10-7-,11-9-,13-12-. The minimum Gasteiger partial charge on any atom is -0.102 e. The summed E-state index contributed by atoms with van der Waals surface area (Å²) < 4.78 is 0. The molecule has 0 saturated heterocycles. The van der Waals surface area contributed by atoms with E-state index in [9.17, 15) is 0 Å². The Kier molecular flexibility index (Phi) is 8.24. The van der Waals surface area contributed by atoms with Crippen LogP contribution in [0.5, 0.6) is 0 Å². The number of allylic oxidation sites excluding steroid dienone is 8. The molecule has 0 saturated carbocycles. The van der Waals surface area contributed by atoms with Gasteiger partial charge in [0.1, 0.15) is 0 Å². The van der Waals surface area contributed by atoms with Crippen LogP contribution in [0.15, 0.2) is 61.8 Å². The molecule has 0 spiro atoms. The Labute approximate surface area is 101 Å². The second-order valence-corrected chi connectivity index (χ2v) is 4.17. The molecule has 0 amide bonds. The van der Waals surface area contributed by atoms with Crippen molar-refractivity contribution in [3.63, 3.8) is 0 Å². The monoisotopic (exact) mass is 216 g/mol. The predicted molar refractivity (Wildman–Crippen MR) is 75.3 cm³/mol. The fourth-order valence-corrected chi connectivity index (χ4v) is 1.46. The highest BCUT2D eigenvalue weighted by Crippen LogP contribution is 2.19. The first-order valence-electron chi connectivity index (χ1n) is 5.88. The van der Waals surface area contributed by atoms with E-state index in [1.807, 2.05) is 25.2 Å². The molecular formula is C16H24. The van der Waals surface area contributed by atoms with E-state index in [1.54, 1.807) is 0 Å². The van der Waals surface area contributed by atoms with Crippen LogP contribution >= 0.6 is 0 Å². The maximum Gasteiger partial charge on any atom is 0.00470 e. The summed E-state index contributed by atoms with van der Waals surface area (Å²) in [4.78, 5) is 0. The van der Waals surface area contributed by atoms with E-state index in [1.165, 1.54) is 0 Å². The van der Waals surface area contributed by atoms with Gasteiger partial charge < -0.3 is 0 Å². The van der Waals surface area contributed by atoms with E-state index < -0.39 is 0 Å². The Hall–Kier alpha value is -1.30. The van der Waals surface area contributed by atoms with Gasteiger partial charge in [0.05, 0.1) is 0 Å². The van der Waals surface area contributed by atoms with Crippen molar-refractivity contribution < 1.29 is 0 Å². The van der Waals surface area contributed by atoms with Crippen molar-refractivity contribution >= 4 is 0 Å². The van der Waals surface area contributed by atoms with Gasteiger partial charge in [0.2, 0.25) is 0 Å². The van der Waals surface area contributed by atoms with Gasteiger partial charge in [0.25, 0.3) is 0 Å². The van der Waals surface area contributed by atoms with Crippen LogP contribution in [0.25, 0.3) is 0 Å². The SMILES string of the molecule is C=C/C=C\C(/C=C\C)C(C=C)/C=C\C(C)C. The maximum atomic E-state index is 3.91. The van der Waals surface area contributed by atoms with Crippen molar-refractivity contribution in [2.45, 2.75) is 20.8 Å². The molecule has 0 aliphatic heterocycles. The first kappa shape index (κ1) is 14.7. The third kappa shape index (κ3) is 6.23. The van der Waals surface area contributed by atoms with Gasteiger partial charge in [-0.1, -0.05) is 69.0 Å². The lowest BCUT2D eigenvalue weighted by Gasteiger charge is -2.15. The summed E-state index contributed by atoms with van der Waals surface area (Å²) in [5.41, 5.74) is 0. The van der Waals surface area contributed by atoms with Gasteiger partial charge >= 0.3 is 0 Å². The molecule has 0 aromatic heterocycles. The molecule has 0 bridgehead atoms. The van der Waals surface area contributed by atoms with Crippen LogP contribution in [0.3, 0.4) is 0 Å². The van der Waals surface area contributed by atoms with E-state index in [0.29, 0.717) is 17.8 Å². The summed E-state index contributed by atoms with van der Waals surface area (Å²) >= 11 is 0. The van der Waals surface area contributed by atoms with E-state index in [-0.39, 0.29) is 0 Å². The highest BCUT2D eigenvalue weighted by Gasteiger charge is 2.09. The predicted octanol–water partition coefficient (Wildman–Crippen LogP) is 4.94. The van der Waals surface area contributed by atoms with Gasteiger partial charge in [-0.15, -0.1) is 6.58 Å². The highest BCUT2D eigenvalue weighted by atomic mass is 14.1. The minimum atomic E-state index is 0.356. The molecule has 0 fully saturated rings. The Bertz CT molecular complexity index is 276. The maximum absolute atomic E-state index is 3.91. The van der Waals surface area contributed by atoms with Crippen LogP contribution in [0.1, 0.15) is 20.8 Å². The van der Waals surface area contributed by atoms with Crippen molar-refractivity contribution in [3.8, 4) is 0 Å². The molecule has 0 heterocycles. The van der Waals surface area contributed by atoms with Crippen LogP contribution in [0, 0.1) is 17.8 Å². The summed E-state index contributed by atoms with van der Waals surface area (Å²) in [6.07, 6.45) is 16.7. The Morgan fingerprint density at radius 3 is 2.00 bits per heavy atom. The number of hydrogen-bond acceptors (Lipinski definition) is 0. The van der Waals surface area contributed by atoms with Crippen LogP contribution in [0.4, 0.5) is 0 Å². The summed E-state index contributed by atoms with van der Waals surface area (Å²) in [6, 6.07) is 0. The molecule has 2 unspecified atom stereocenters. The van der Waals surface area contributed by atoms with Gasteiger partial charge in [0.15, 0.2) is 0 Å². The summed E-state index contributed by atoms with van der Waals surface area (Å²) in [7, 11) is 0. The fourth-order valence-electron chi connectivity index (χ4n) is 1.46. The molecule has 0 N–H and O–H groups in total. The van der Waals surface area contributed by atoms with Crippen LogP contribution < -0.4 is 0 Å². The molecule has 0 aromatic carbocycles. The van der Waals surface area contributed by atoms with Gasteiger partial charge in [-0.2, -0.15) is 0 Å². The third-order valence-electron chi connectivity index (χ3n) is 2.32. The molecule has 0 aliphatic rings. The van der Waals surface area contributed by atoms with Gasteiger partial charge in [-0.3, -0.25) is 0 Å². The Balaban J connectivity index is 4.76. The lowest BCUT2D eigenvalue weighted by atomic mass is 9.90. The molecule has 0 heteroatoms. The van der Waals surface area contributed by atoms with E-state index in [0.717, 1.165) is 0 Å². The first-order valence-corrected chi connectivity index (χ1v) is 5.88. The fraction of sp³-hybridized carbons (Fsp3) is 0.375. The average molecular weight is 216 g/mol. The molecular weight excluding hydrogens is 192 g/mol. The highest BCUT2D eigenvalue weighted by molar-refractivity contribution is 5.14. The number of rotatable bonds is 7. The molecule has 16 heavy (non-hydrogen) atoms. The lowest BCUT2D eigenvalue weighted by Crippen LogP contribution is -2.05. The smallest absolute Gasteiger partial charge is 0.00470 e. The van der Waals surface area contributed by atoms with Crippen molar-refractivity contribution in [2.24, 2.45) is 17.8 Å². The molecule has 0 rings (SSSR count). The van der Waals surface area contributed by atoms with E-state index >= 15 is 0 Å².